The molecule has 3 unspecified atom stereocenters. The third-order valence-corrected chi connectivity index (χ3v) is 6.61. The molecule has 2 aliphatic carbocycles. The van der Waals surface area contributed by atoms with Crippen LogP contribution >= 0.6 is 0 Å². The molecule has 2 saturated carbocycles. The Hall–Kier alpha value is -1.09. The van der Waals surface area contributed by atoms with Gasteiger partial charge in [-0.25, -0.2) is 0 Å². The molecule has 2 N–H and O–H groups in total. The normalized spacial score (nSPS) is 33.4. The van der Waals surface area contributed by atoms with Gasteiger partial charge in [0.05, 0.1) is 0 Å². The van der Waals surface area contributed by atoms with Gasteiger partial charge in [-0.1, -0.05) is 20.8 Å². The number of aryl methyl sites for hydroxylation is 2. The Balaban J connectivity index is 1.92. The van der Waals surface area contributed by atoms with Gasteiger partial charge < -0.3 is 10.5 Å². The first-order valence-electron chi connectivity index (χ1n) is 8.13. The van der Waals surface area contributed by atoms with Gasteiger partial charge in [0.25, 0.3) is 0 Å². The summed E-state index contributed by atoms with van der Waals surface area (Å²) < 4.78 is 6.51. The third-order valence-electron chi connectivity index (χ3n) is 6.61. The Morgan fingerprint density at radius 3 is 2.57 bits per heavy atom. The second-order valence-electron chi connectivity index (χ2n) is 7.75. The summed E-state index contributed by atoms with van der Waals surface area (Å²) in [6.45, 7) is 11.8. The highest BCUT2D eigenvalue weighted by Gasteiger charge is 2.62. The molecule has 0 aliphatic heterocycles. The molecular weight excluding hydrogens is 260 g/mol. The minimum Gasteiger partial charge on any atom is -0.489 e. The van der Waals surface area contributed by atoms with Crippen molar-refractivity contribution in [2.24, 2.45) is 22.5 Å². The first kappa shape index (κ1) is 14.8. The smallest absolute Gasteiger partial charge is 0.127 e. The lowest BCUT2D eigenvalue weighted by Crippen LogP contribution is -2.39. The molecule has 2 bridgehead atoms. The summed E-state index contributed by atoms with van der Waals surface area (Å²) >= 11 is 0. The number of nitrogens with two attached hydrogens (primary N) is 1. The largest absolute Gasteiger partial charge is 0.489 e. The summed E-state index contributed by atoms with van der Waals surface area (Å²) in [5.41, 5.74) is 9.63. The molecule has 1 heterocycles. The standard InChI is InChI=1S/C18H28N2O/c1-11-8-15(14(10-19)12(2)20-11)21-16-9-13-6-7-18(16,5)17(13,3)4/h8,13,16H,6-7,9-10,19H2,1-5H3. The highest BCUT2D eigenvalue weighted by Crippen LogP contribution is 2.66. The molecule has 3 atom stereocenters. The van der Waals surface area contributed by atoms with Gasteiger partial charge in [0.2, 0.25) is 0 Å². The van der Waals surface area contributed by atoms with Crippen LogP contribution in [0.25, 0.3) is 0 Å². The lowest BCUT2D eigenvalue weighted by atomic mass is 9.70. The first-order chi connectivity index (χ1) is 9.79. The quantitative estimate of drug-likeness (QED) is 0.921. The van der Waals surface area contributed by atoms with E-state index in [1.807, 2.05) is 13.8 Å². The van der Waals surface area contributed by atoms with Crippen LogP contribution in [0.5, 0.6) is 5.75 Å². The molecule has 21 heavy (non-hydrogen) atoms. The maximum atomic E-state index is 6.51. The Bertz CT molecular complexity index is 567. The molecule has 3 heteroatoms. The van der Waals surface area contributed by atoms with E-state index < -0.39 is 0 Å². The van der Waals surface area contributed by atoms with Crippen LogP contribution in [0.1, 0.15) is 57.0 Å². The van der Waals surface area contributed by atoms with Gasteiger partial charge in [0.1, 0.15) is 11.9 Å². The number of aromatic nitrogens is 1. The summed E-state index contributed by atoms with van der Waals surface area (Å²) in [5.74, 6) is 1.75. The number of hydrogen-bond acceptors (Lipinski definition) is 3. The van der Waals surface area contributed by atoms with Crippen LogP contribution in [0, 0.1) is 30.6 Å². The summed E-state index contributed by atoms with van der Waals surface area (Å²) in [6, 6.07) is 2.05. The molecule has 1 aromatic rings. The van der Waals surface area contributed by atoms with Crippen molar-refractivity contribution in [3.8, 4) is 5.75 Å². The van der Waals surface area contributed by atoms with E-state index in [1.165, 1.54) is 19.3 Å². The molecule has 2 fully saturated rings. The lowest BCUT2D eigenvalue weighted by Gasteiger charge is -2.39. The second kappa shape index (κ2) is 4.70. The van der Waals surface area contributed by atoms with Gasteiger partial charge in [0, 0.05) is 35.0 Å². The molecule has 1 aromatic heterocycles. The molecule has 3 nitrogen and oxygen atoms in total. The fourth-order valence-corrected chi connectivity index (χ4v) is 4.63. The van der Waals surface area contributed by atoms with Crippen LogP contribution in [0.15, 0.2) is 6.07 Å². The molecule has 0 spiro atoms. The number of nitrogens with zero attached hydrogens (tertiary/aromatic N) is 1. The van der Waals surface area contributed by atoms with E-state index in [9.17, 15) is 0 Å². The zero-order valence-electron chi connectivity index (χ0n) is 14.0. The summed E-state index contributed by atoms with van der Waals surface area (Å²) in [5, 5.41) is 0. The second-order valence-corrected chi connectivity index (χ2v) is 7.75. The van der Waals surface area contributed by atoms with Crippen LogP contribution in [0.3, 0.4) is 0 Å². The molecule has 2 aliphatic rings. The molecular formula is C18H28N2O. The van der Waals surface area contributed by atoms with E-state index in [0.29, 0.717) is 18.1 Å². The van der Waals surface area contributed by atoms with Crippen molar-refractivity contribution in [3.63, 3.8) is 0 Å². The maximum Gasteiger partial charge on any atom is 0.127 e. The fourth-order valence-electron chi connectivity index (χ4n) is 4.63. The minimum absolute atomic E-state index is 0.272. The SMILES string of the molecule is Cc1cc(OC2CC3CCC2(C)C3(C)C)c(CN)c(C)n1. The molecule has 0 radical (unpaired) electrons. The zero-order valence-corrected chi connectivity index (χ0v) is 14.0. The molecule has 116 valence electrons. The maximum absolute atomic E-state index is 6.51. The van der Waals surface area contributed by atoms with E-state index >= 15 is 0 Å². The average molecular weight is 288 g/mol. The van der Waals surface area contributed by atoms with Crippen molar-refractivity contribution in [2.45, 2.75) is 66.5 Å². The Morgan fingerprint density at radius 2 is 2.05 bits per heavy atom. The zero-order chi connectivity index (χ0) is 15.4. The van der Waals surface area contributed by atoms with Gasteiger partial charge in [-0.05, 0) is 44.4 Å². The van der Waals surface area contributed by atoms with Crippen molar-refractivity contribution >= 4 is 0 Å². The Labute approximate surface area is 128 Å². The van der Waals surface area contributed by atoms with Crippen LogP contribution in [-0.4, -0.2) is 11.1 Å². The van der Waals surface area contributed by atoms with Crippen LogP contribution in [0.4, 0.5) is 0 Å². The van der Waals surface area contributed by atoms with Crippen molar-refractivity contribution < 1.29 is 4.74 Å². The highest BCUT2D eigenvalue weighted by atomic mass is 16.5. The lowest BCUT2D eigenvalue weighted by molar-refractivity contribution is 0.0294. The first-order valence-corrected chi connectivity index (χ1v) is 8.13. The van der Waals surface area contributed by atoms with Crippen LogP contribution < -0.4 is 10.5 Å². The fraction of sp³-hybridized carbons (Fsp3) is 0.722. The number of ether oxygens (including phenoxy) is 1. The third kappa shape index (κ3) is 2.01. The highest BCUT2D eigenvalue weighted by molar-refractivity contribution is 5.38. The van der Waals surface area contributed by atoms with E-state index in [2.05, 4.69) is 31.8 Å². The predicted molar refractivity (Wildman–Crippen MR) is 85.2 cm³/mol. The van der Waals surface area contributed by atoms with Crippen LogP contribution in [-0.2, 0) is 6.54 Å². The molecule has 3 rings (SSSR count). The molecule has 0 saturated heterocycles. The Morgan fingerprint density at radius 1 is 1.33 bits per heavy atom. The van der Waals surface area contributed by atoms with Gasteiger partial charge >= 0.3 is 0 Å². The van der Waals surface area contributed by atoms with E-state index in [-0.39, 0.29) is 5.41 Å². The van der Waals surface area contributed by atoms with Crippen molar-refractivity contribution in [3.05, 3.63) is 23.0 Å². The summed E-state index contributed by atoms with van der Waals surface area (Å²) in [4.78, 5) is 4.51. The van der Waals surface area contributed by atoms with Gasteiger partial charge in [-0.2, -0.15) is 0 Å². The van der Waals surface area contributed by atoms with Gasteiger partial charge in [-0.15, -0.1) is 0 Å². The number of hydrogen-bond donors (Lipinski definition) is 1. The van der Waals surface area contributed by atoms with E-state index in [0.717, 1.165) is 28.6 Å². The van der Waals surface area contributed by atoms with Crippen molar-refractivity contribution in [2.75, 3.05) is 0 Å². The summed E-state index contributed by atoms with van der Waals surface area (Å²) in [6.07, 6.45) is 4.10. The monoisotopic (exact) mass is 288 g/mol. The topological polar surface area (TPSA) is 48.1 Å². The number of rotatable bonds is 3. The van der Waals surface area contributed by atoms with Gasteiger partial charge in [-0.3, -0.25) is 4.98 Å². The van der Waals surface area contributed by atoms with E-state index in [4.69, 9.17) is 10.5 Å². The summed E-state index contributed by atoms with van der Waals surface area (Å²) in [7, 11) is 0. The Kier molecular flexibility index (Phi) is 3.32. The van der Waals surface area contributed by atoms with Crippen molar-refractivity contribution in [1.82, 2.24) is 4.98 Å². The van der Waals surface area contributed by atoms with Crippen LogP contribution in [0.2, 0.25) is 0 Å². The predicted octanol–water partition coefficient (Wildman–Crippen LogP) is 3.75. The molecule has 0 amide bonds. The van der Waals surface area contributed by atoms with E-state index in [1.54, 1.807) is 0 Å². The average Bonchev–Trinajstić information content (AvgIpc) is 2.71. The number of fused-ring (bicyclic) bond motifs is 2. The molecule has 0 aromatic carbocycles. The van der Waals surface area contributed by atoms with Crippen molar-refractivity contribution in [1.29, 1.82) is 0 Å². The number of pyridine rings is 1. The van der Waals surface area contributed by atoms with Gasteiger partial charge in [0.15, 0.2) is 0 Å². The minimum atomic E-state index is 0.272.